The maximum absolute atomic E-state index is 10.8. The first-order valence-electron chi connectivity index (χ1n) is 4.76. The molecule has 88 valence electrons. The minimum Gasteiger partial charge on any atom is -0.341 e. The highest BCUT2D eigenvalue weighted by Gasteiger charge is 1.97. The molecule has 7 heteroatoms. The molecule has 5 nitrogen and oxygen atoms in total. The van der Waals surface area contributed by atoms with Crippen LogP contribution in [0.1, 0.15) is 5.69 Å². The average Bonchev–Trinajstić information content (AvgIpc) is 2.34. The molecule has 0 saturated carbocycles. The minimum absolute atomic E-state index is 0.163. The molecular weight excluding hydrogens is 244 g/mol. The molecule has 2 N–H and O–H groups in total. The van der Waals surface area contributed by atoms with Gasteiger partial charge in [0.25, 0.3) is 0 Å². The molecule has 2 amide bonds. The second kappa shape index (κ2) is 8.23. The smallest absolute Gasteiger partial charge is 0.324 e. The topological polar surface area (TPSA) is 66.9 Å². The maximum Gasteiger partial charge on any atom is 0.324 e. The number of thioether (sulfide) groups is 1. The molecule has 0 aliphatic carbocycles. The summed E-state index contributed by atoms with van der Waals surface area (Å²) in [4.78, 5) is 10.8. The number of rotatable bonds is 6. The zero-order valence-electron chi connectivity index (χ0n) is 8.97. The van der Waals surface area contributed by atoms with Gasteiger partial charge in [-0.3, -0.25) is 4.72 Å². The van der Waals surface area contributed by atoms with Gasteiger partial charge in [-0.25, -0.2) is 4.79 Å². The van der Waals surface area contributed by atoms with Gasteiger partial charge in [0.15, 0.2) is 0 Å². The number of nitrogens with zero attached hydrogens (tertiary/aromatic N) is 2. The highest BCUT2D eigenvalue weighted by Crippen LogP contribution is 2.10. The number of carbonyl (C=O) groups excluding carboxylic acids is 1. The van der Waals surface area contributed by atoms with E-state index in [1.807, 2.05) is 12.1 Å². The molecule has 0 aliphatic rings. The van der Waals surface area contributed by atoms with E-state index in [9.17, 15) is 4.79 Å². The number of nitrogens with one attached hydrogen (secondary N) is 2. The van der Waals surface area contributed by atoms with E-state index in [1.54, 1.807) is 25.0 Å². The van der Waals surface area contributed by atoms with Gasteiger partial charge in [-0.2, -0.15) is 22.0 Å². The van der Waals surface area contributed by atoms with Crippen molar-refractivity contribution in [1.29, 1.82) is 0 Å². The Labute approximate surface area is 103 Å². The molecule has 0 saturated heterocycles. The van der Waals surface area contributed by atoms with Gasteiger partial charge in [-0.05, 0) is 24.1 Å². The molecule has 1 aromatic heterocycles. The van der Waals surface area contributed by atoms with Gasteiger partial charge in [0.1, 0.15) is 0 Å². The van der Waals surface area contributed by atoms with Crippen molar-refractivity contribution >= 4 is 29.7 Å². The van der Waals surface area contributed by atoms with E-state index in [0.29, 0.717) is 0 Å². The van der Waals surface area contributed by atoms with Crippen LogP contribution in [0.25, 0.3) is 0 Å². The Morgan fingerprint density at radius 1 is 1.50 bits per heavy atom. The van der Waals surface area contributed by atoms with Crippen molar-refractivity contribution in [1.82, 2.24) is 20.2 Å². The molecule has 0 unspecified atom stereocenters. The second-order valence-corrected chi connectivity index (χ2v) is 4.80. The molecule has 16 heavy (non-hydrogen) atoms. The van der Waals surface area contributed by atoms with Crippen molar-refractivity contribution in [3.8, 4) is 0 Å². The molecule has 0 aliphatic heterocycles. The zero-order chi connectivity index (χ0) is 11.6. The van der Waals surface area contributed by atoms with Gasteiger partial charge in [-0.15, -0.1) is 0 Å². The first kappa shape index (κ1) is 13.1. The molecule has 1 aromatic rings. The third-order valence-electron chi connectivity index (χ3n) is 1.60. The summed E-state index contributed by atoms with van der Waals surface area (Å²) in [5.41, 5.74) is 0.983. The standard InChI is InChI=1S/C9H14N4OS2/c1-10-9(14)13-16-6-5-15-7-8-3-2-4-11-12-8/h2-4H,5-7H2,1H3,(H2,10,13,14). The lowest BCUT2D eigenvalue weighted by molar-refractivity contribution is 0.248. The lowest BCUT2D eigenvalue weighted by atomic mass is 10.4. The van der Waals surface area contributed by atoms with Gasteiger partial charge in [0.05, 0.1) is 5.69 Å². The summed E-state index contributed by atoms with van der Waals surface area (Å²) in [6.07, 6.45) is 1.66. The molecule has 1 rings (SSSR count). The van der Waals surface area contributed by atoms with Crippen LogP contribution in [0.15, 0.2) is 18.3 Å². The second-order valence-electron chi connectivity index (χ2n) is 2.80. The molecular formula is C9H14N4OS2. The van der Waals surface area contributed by atoms with Crippen LogP contribution in [0.3, 0.4) is 0 Å². The molecule has 0 atom stereocenters. The van der Waals surface area contributed by atoms with Gasteiger partial charge in [0, 0.05) is 30.5 Å². The normalized spacial score (nSPS) is 9.81. The minimum atomic E-state index is -0.163. The van der Waals surface area contributed by atoms with Gasteiger partial charge >= 0.3 is 6.03 Å². The summed E-state index contributed by atoms with van der Waals surface area (Å²) < 4.78 is 2.66. The van der Waals surface area contributed by atoms with Crippen LogP contribution in [-0.2, 0) is 5.75 Å². The Bertz CT molecular complexity index is 310. The quantitative estimate of drug-likeness (QED) is 0.594. The summed E-state index contributed by atoms with van der Waals surface area (Å²) in [5.74, 6) is 2.69. The van der Waals surface area contributed by atoms with E-state index < -0.39 is 0 Å². The molecule has 1 heterocycles. The Morgan fingerprint density at radius 3 is 3.06 bits per heavy atom. The van der Waals surface area contributed by atoms with E-state index in [1.165, 1.54) is 11.9 Å². The number of amides is 2. The summed E-state index contributed by atoms with van der Waals surface area (Å²) in [6, 6.07) is 3.67. The van der Waals surface area contributed by atoms with Crippen molar-refractivity contribution in [3.63, 3.8) is 0 Å². The van der Waals surface area contributed by atoms with Gasteiger partial charge in [0.2, 0.25) is 0 Å². The van der Waals surface area contributed by atoms with Crippen molar-refractivity contribution in [2.24, 2.45) is 0 Å². The van der Waals surface area contributed by atoms with Crippen molar-refractivity contribution in [2.45, 2.75) is 5.75 Å². The number of urea groups is 1. The number of carbonyl (C=O) groups is 1. The van der Waals surface area contributed by atoms with E-state index >= 15 is 0 Å². The van der Waals surface area contributed by atoms with E-state index in [4.69, 9.17) is 0 Å². The monoisotopic (exact) mass is 258 g/mol. The fourth-order valence-corrected chi connectivity index (χ4v) is 2.50. The maximum atomic E-state index is 10.8. The van der Waals surface area contributed by atoms with Crippen molar-refractivity contribution < 1.29 is 4.79 Å². The fraction of sp³-hybridized carbons (Fsp3) is 0.444. The van der Waals surface area contributed by atoms with Gasteiger partial charge < -0.3 is 5.32 Å². The van der Waals surface area contributed by atoms with E-state index in [-0.39, 0.29) is 6.03 Å². The predicted molar refractivity (Wildman–Crippen MR) is 68.2 cm³/mol. The first-order chi connectivity index (χ1) is 7.83. The number of aromatic nitrogens is 2. The highest BCUT2D eigenvalue weighted by molar-refractivity contribution is 8.01. The Balaban J connectivity index is 1.98. The lowest BCUT2D eigenvalue weighted by Crippen LogP contribution is -2.27. The first-order valence-corrected chi connectivity index (χ1v) is 6.91. The molecule has 0 bridgehead atoms. The summed E-state index contributed by atoms with van der Waals surface area (Å²) >= 11 is 3.17. The molecule has 0 aromatic carbocycles. The van der Waals surface area contributed by atoms with E-state index in [0.717, 1.165) is 23.0 Å². The summed E-state index contributed by atoms with van der Waals surface area (Å²) in [6.45, 7) is 0. The van der Waals surface area contributed by atoms with Crippen molar-refractivity contribution in [2.75, 3.05) is 18.6 Å². The Kier molecular flexibility index (Phi) is 6.75. The highest BCUT2D eigenvalue weighted by atomic mass is 32.2. The Hall–Kier alpha value is -0.950. The number of hydrogen-bond acceptors (Lipinski definition) is 5. The number of hydrogen-bond donors (Lipinski definition) is 2. The zero-order valence-corrected chi connectivity index (χ0v) is 10.6. The van der Waals surface area contributed by atoms with Crippen LogP contribution in [0.2, 0.25) is 0 Å². The lowest BCUT2D eigenvalue weighted by Gasteiger charge is -2.02. The molecule has 0 fully saturated rings. The molecule has 0 radical (unpaired) electrons. The average molecular weight is 258 g/mol. The summed E-state index contributed by atoms with van der Waals surface area (Å²) in [5, 5.41) is 10.3. The van der Waals surface area contributed by atoms with Crippen LogP contribution in [0.5, 0.6) is 0 Å². The predicted octanol–water partition coefficient (Wildman–Crippen LogP) is 1.29. The third-order valence-corrected chi connectivity index (χ3v) is 3.59. The summed E-state index contributed by atoms with van der Waals surface area (Å²) in [7, 11) is 1.60. The van der Waals surface area contributed by atoms with Crippen LogP contribution < -0.4 is 10.0 Å². The SMILES string of the molecule is CNC(=O)NSCCSCc1cccnn1. The third kappa shape index (κ3) is 5.82. The van der Waals surface area contributed by atoms with E-state index in [2.05, 4.69) is 20.2 Å². The van der Waals surface area contributed by atoms with Crippen LogP contribution in [0.4, 0.5) is 4.79 Å². The fourth-order valence-electron chi connectivity index (χ4n) is 0.855. The van der Waals surface area contributed by atoms with Crippen LogP contribution in [0, 0.1) is 0 Å². The Morgan fingerprint density at radius 2 is 2.38 bits per heavy atom. The molecule has 0 spiro atoms. The van der Waals surface area contributed by atoms with Crippen LogP contribution >= 0.6 is 23.7 Å². The van der Waals surface area contributed by atoms with Crippen molar-refractivity contribution in [3.05, 3.63) is 24.0 Å². The largest absolute Gasteiger partial charge is 0.341 e. The van der Waals surface area contributed by atoms with Crippen LogP contribution in [-0.4, -0.2) is 34.8 Å². The van der Waals surface area contributed by atoms with Gasteiger partial charge in [-0.1, -0.05) is 0 Å².